The molecule has 3 N–H and O–H groups in total. The number of fused-ring (bicyclic) bond motifs is 1. The van der Waals surface area contributed by atoms with E-state index < -0.39 is 12.1 Å². The first kappa shape index (κ1) is 32.2. The van der Waals surface area contributed by atoms with Crippen LogP contribution in [-0.2, 0) is 19.9 Å². The summed E-state index contributed by atoms with van der Waals surface area (Å²) in [7, 11) is 0. The molecule has 4 aromatic rings. The molecule has 0 saturated carbocycles. The van der Waals surface area contributed by atoms with Gasteiger partial charge in [0.25, 0.3) is 0 Å². The lowest BCUT2D eigenvalue weighted by Gasteiger charge is -2.51. The molecular weight excluding hydrogens is 609 g/mol. The maximum atomic E-state index is 12.6. The van der Waals surface area contributed by atoms with Crippen LogP contribution in [0.5, 0.6) is 0 Å². The lowest BCUT2D eigenvalue weighted by Crippen LogP contribution is -2.60. The van der Waals surface area contributed by atoms with Crippen molar-refractivity contribution in [2.24, 2.45) is 0 Å². The molecule has 1 amide bonds. The van der Waals surface area contributed by atoms with Crippen molar-refractivity contribution < 1.29 is 32.6 Å². The van der Waals surface area contributed by atoms with Crippen LogP contribution in [0.1, 0.15) is 53.1 Å². The second-order valence-electron chi connectivity index (χ2n) is 12.0. The van der Waals surface area contributed by atoms with Crippen molar-refractivity contribution in [2.45, 2.75) is 36.9 Å². The maximum absolute atomic E-state index is 12.6. The topological polar surface area (TPSA) is 108 Å². The number of rotatable bonds is 6. The third kappa shape index (κ3) is 7.01. The number of H-pyrrole nitrogens is 1. The van der Waals surface area contributed by atoms with Gasteiger partial charge in [-0.2, -0.15) is 18.3 Å². The Morgan fingerprint density at radius 3 is 2.28 bits per heavy atom. The van der Waals surface area contributed by atoms with Crippen LogP contribution in [0.3, 0.4) is 0 Å². The normalized spacial score (nSPS) is 20.5. The summed E-state index contributed by atoms with van der Waals surface area (Å²) in [6.45, 7) is 4.53. The summed E-state index contributed by atoms with van der Waals surface area (Å²) in [6.07, 6.45) is 5.00. The van der Waals surface area contributed by atoms with Crippen LogP contribution in [0.2, 0.25) is 0 Å². The standard InChI is InChI=1S/C34H34N4O2.C2HF3O2/c39-33-29(30(21-35-33)26-7-3-1-4-8-26)19-25-11-15-28-31(36-37-32(28)20-25)16-12-24-9-13-27(14-10-24)34(22-40-23-34)38-17-5-2-6-18-38;3-2(4,5)1(6)7/h1,3-4,7-16,19-20,30H,2,5-6,17-18,21-23H2,(H,35,39)(H,36,37);(H,6,7)/b16-12+,29-19+;. The number of carbonyl (C=O) groups is 2. The van der Waals surface area contributed by atoms with Gasteiger partial charge in [0.15, 0.2) is 0 Å². The number of likely N-dealkylation sites (tertiary alicyclic amines) is 1. The van der Waals surface area contributed by atoms with Gasteiger partial charge in [-0.15, -0.1) is 0 Å². The van der Waals surface area contributed by atoms with Crippen LogP contribution in [0.25, 0.3) is 29.1 Å². The number of benzene rings is 3. The highest BCUT2D eigenvalue weighted by Gasteiger charge is 2.45. The quantitative estimate of drug-likeness (QED) is 0.211. The van der Waals surface area contributed by atoms with Gasteiger partial charge in [-0.3, -0.25) is 14.8 Å². The SMILES string of the molecule is O=C(O)C(F)(F)F.O=C1NCC(c2ccccc2)/C1=C\c1ccc2c(/C=C/c3ccc(C4(N5CCCCC5)COC4)cc3)n[nH]c2c1. The molecule has 3 fully saturated rings. The van der Waals surface area contributed by atoms with Crippen LogP contribution >= 0.6 is 0 Å². The van der Waals surface area contributed by atoms with Crippen LogP contribution in [-0.4, -0.2) is 71.1 Å². The van der Waals surface area contributed by atoms with E-state index in [0.29, 0.717) is 6.54 Å². The molecule has 3 aliphatic rings. The van der Waals surface area contributed by atoms with E-state index in [-0.39, 0.29) is 17.4 Å². The second kappa shape index (κ2) is 13.5. The molecule has 0 bridgehead atoms. The lowest BCUT2D eigenvalue weighted by atomic mass is 9.84. The number of aromatic nitrogens is 2. The number of nitrogens with zero attached hydrogens (tertiary/aromatic N) is 2. The molecule has 1 aromatic heterocycles. The largest absolute Gasteiger partial charge is 0.490 e. The number of nitrogens with one attached hydrogen (secondary N) is 2. The Morgan fingerprint density at radius 1 is 0.957 bits per heavy atom. The number of carboxylic acids is 1. The van der Waals surface area contributed by atoms with Gasteiger partial charge in [0.2, 0.25) is 5.91 Å². The van der Waals surface area contributed by atoms with Gasteiger partial charge in [-0.05, 0) is 72.5 Å². The molecule has 47 heavy (non-hydrogen) atoms. The fourth-order valence-electron chi connectivity index (χ4n) is 6.40. The molecule has 0 spiro atoms. The highest BCUT2D eigenvalue weighted by molar-refractivity contribution is 6.02. The Morgan fingerprint density at radius 2 is 1.64 bits per heavy atom. The summed E-state index contributed by atoms with van der Waals surface area (Å²) in [5.74, 6) is -2.70. The average molecular weight is 645 g/mol. The number of ether oxygens (including phenoxy) is 1. The number of hydrogen-bond donors (Lipinski definition) is 3. The van der Waals surface area contributed by atoms with Crippen molar-refractivity contribution in [3.8, 4) is 0 Å². The Balaban J connectivity index is 0.000000499. The number of aromatic amines is 1. The highest BCUT2D eigenvalue weighted by atomic mass is 19.4. The van der Waals surface area contributed by atoms with Gasteiger partial charge in [0, 0.05) is 23.4 Å². The minimum Gasteiger partial charge on any atom is -0.475 e. The fraction of sp³-hybridized carbons (Fsp3) is 0.306. The lowest BCUT2D eigenvalue weighted by molar-refractivity contribution is -0.192. The third-order valence-corrected chi connectivity index (χ3v) is 9.01. The molecule has 3 aliphatic heterocycles. The van der Waals surface area contributed by atoms with Crippen LogP contribution in [0.15, 0.2) is 78.4 Å². The Labute approximate surface area is 269 Å². The molecule has 3 aromatic carbocycles. The summed E-state index contributed by atoms with van der Waals surface area (Å²) in [6, 6.07) is 25.3. The van der Waals surface area contributed by atoms with Gasteiger partial charge in [0.1, 0.15) is 0 Å². The van der Waals surface area contributed by atoms with Crippen molar-refractivity contribution in [3.63, 3.8) is 0 Å². The third-order valence-electron chi connectivity index (χ3n) is 9.01. The van der Waals surface area contributed by atoms with E-state index in [0.717, 1.165) is 65.2 Å². The number of hydrogen-bond acceptors (Lipinski definition) is 5. The zero-order chi connectivity index (χ0) is 33.0. The minimum atomic E-state index is -5.08. The Bertz CT molecular complexity index is 1790. The molecule has 7 rings (SSSR count). The minimum absolute atomic E-state index is 0.000106. The van der Waals surface area contributed by atoms with Gasteiger partial charge in [0.05, 0.1) is 30.0 Å². The van der Waals surface area contributed by atoms with E-state index in [1.807, 2.05) is 24.3 Å². The Kier molecular flexibility index (Phi) is 9.28. The smallest absolute Gasteiger partial charge is 0.475 e. The first-order chi connectivity index (χ1) is 22.6. The van der Waals surface area contributed by atoms with Crippen LogP contribution < -0.4 is 5.32 Å². The van der Waals surface area contributed by atoms with Gasteiger partial charge in [-0.1, -0.05) is 73.2 Å². The molecule has 0 aliphatic carbocycles. The summed E-state index contributed by atoms with van der Waals surface area (Å²) < 4.78 is 37.4. The summed E-state index contributed by atoms with van der Waals surface area (Å²) in [5.41, 5.74) is 7.34. The molecule has 11 heteroatoms. The zero-order valence-corrected chi connectivity index (χ0v) is 25.6. The number of aliphatic carboxylic acids is 1. The van der Waals surface area contributed by atoms with E-state index in [9.17, 15) is 18.0 Å². The van der Waals surface area contributed by atoms with Crippen molar-refractivity contribution in [3.05, 3.63) is 106 Å². The monoisotopic (exact) mass is 644 g/mol. The molecular formula is C36H35F3N4O4. The number of carboxylic acid groups (broad SMARTS) is 1. The van der Waals surface area contributed by atoms with Gasteiger partial charge in [-0.25, -0.2) is 4.79 Å². The maximum Gasteiger partial charge on any atom is 0.490 e. The van der Waals surface area contributed by atoms with Crippen molar-refractivity contribution >= 4 is 41.0 Å². The number of halogens is 3. The number of piperidine rings is 1. The van der Waals surface area contributed by atoms with Crippen molar-refractivity contribution in [1.82, 2.24) is 20.4 Å². The van der Waals surface area contributed by atoms with Crippen molar-refractivity contribution in [2.75, 3.05) is 32.8 Å². The second-order valence-corrected chi connectivity index (χ2v) is 12.0. The molecule has 3 saturated heterocycles. The molecule has 1 unspecified atom stereocenters. The number of carbonyl (C=O) groups excluding carboxylic acids is 1. The fourth-order valence-corrected chi connectivity index (χ4v) is 6.40. The predicted octanol–water partition coefficient (Wildman–Crippen LogP) is 6.38. The molecule has 8 nitrogen and oxygen atoms in total. The number of alkyl halides is 3. The van der Waals surface area contributed by atoms with Gasteiger partial charge >= 0.3 is 12.1 Å². The molecule has 244 valence electrons. The van der Waals surface area contributed by atoms with E-state index >= 15 is 0 Å². The summed E-state index contributed by atoms with van der Waals surface area (Å²) >= 11 is 0. The first-order valence-electron chi connectivity index (χ1n) is 15.6. The first-order valence-corrected chi connectivity index (χ1v) is 15.6. The predicted molar refractivity (Wildman–Crippen MR) is 173 cm³/mol. The Hall–Kier alpha value is -4.74. The van der Waals surface area contributed by atoms with Crippen LogP contribution in [0, 0.1) is 0 Å². The summed E-state index contributed by atoms with van der Waals surface area (Å²) in [5, 5.41) is 18.9. The van der Waals surface area contributed by atoms with E-state index in [2.05, 4.69) is 87.2 Å². The summed E-state index contributed by atoms with van der Waals surface area (Å²) in [4.78, 5) is 24.1. The van der Waals surface area contributed by atoms with E-state index in [1.54, 1.807) is 0 Å². The zero-order valence-electron chi connectivity index (χ0n) is 25.6. The van der Waals surface area contributed by atoms with E-state index in [4.69, 9.17) is 14.6 Å². The van der Waals surface area contributed by atoms with E-state index in [1.165, 1.54) is 24.8 Å². The molecule has 4 heterocycles. The van der Waals surface area contributed by atoms with Crippen LogP contribution in [0.4, 0.5) is 13.2 Å². The average Bonchev–Trinajstić information content (AvgIpc) is 3.63. The molecule has 0 radical (unpaired) electrons. The van der Waals surface area contributed by atoms with Gasteiger partial charge < -0.3 is 15.2 Å². The highest BCUT2D eigenvalue weighted by Crippen LogP contribution is 2.38. The molecule has 1 atom stereocenters. The number of amides is 1. The van der Waals surface area contributed by atoms with Crippen molar-refractivity contribution in [1.29, 1.82) is 0 Å².